The van der Waals surface area contributed by atoms with E-state index in [1.807, 2.05) is 18.2 Å². The van der Waals surface area contributed by atoms with E-state index in [1.165, 1.54) is 23.2 Å². The highest BCUT2D eigenvalue weighted by molar-refractivity contribution is 5.76. The number of fused-ring (bicyclic) bond motifs is 1. The van der Waals surface area contributed by atoms with Crippen LogP contribution in [0.25, 0.3) is 0 Å². The minimum Gasteiger partial charge on any atom is -0.376 e. The second kappa shape index (κ2) is 10.9. The van der Waals surface area contributed by atoms with Crippen LogP contribution < -0.4 is 5.32 Å². The number of aryl methyl sites for hydroxylation is 1. The fraction of sp³-hybridized carbons (Fsp3) is 0.538. The minimum atomic E-state index is 0.140. The fourth-order valence-corrected chi connectivity index (χ4v) is 4.73. The number of rotatable bonds is 9. The van der Waals surface area contributed by atoms with Gasteiger partial charge in [-0.2, -0.15) is 0 Å². The Kier molecular flexibility index (Phi) is 7.71. The lowest BCUT2D eigenvalue weighted by Crippen LogP contribution is -2.41. The van der Waals surface area contributed by atoms with E-state index in [0.29, 0.717) is 13.0 Å². The third kappa shape index (κ3) is 6.37. The van der Waals surface area contributed by atoms with Gasteiger partial charge in [-0.15, -0.1) is 0 Å². The Morgan fingerprint density at radius 1 is 1.23 bits per heavy atom. The van der Waals surface area contributed by atoms with Crippen molar-refractivity contribution >= 4 is 11.6 Å². The molecule has 5 nitrogen and oxygen atoms in total. The van der Waals surface area contributed by atoms with E-state index < -0.39 is 0 Å². The zero-order chi connectivity index (χ0) is 21.5. The lowest BCUT2D eigenvalue weighted by molar-refractivity contribution is -0.118. The van der Waals surface area contributed by atoms with Gasteiger partial charge in [0, 0.05) is 44.1 Å². The first-order valence-corrected chi connectivity index (χ1v) is 11.8. The second-order valence-corrected chi connectivity index (χ2v) is 9.00. The van der Waals surface area contributed by atoms with Crippen LogP contribution in [0.1, 0.15) is 55.3 Å². The first kappa shape index (κ1) is 22.0. The van der Waals surface area contributed by atoms with Crippen LogP contribution in [-0.2, 0) is 22.4 Å². The molecule has 1 aromatic heterocycles. The summed E-state index contributed by atoms with van der Waals surface area (Å²) in [6, 6.07) is 14.7. The number of carbonyl (C=O) groups is 1. The molecule has 0 spiro atoms. The van der Waals surface area contributed by atoms with Crippen LogP contribution >= 0.6 is 0 Å². The smallest absolute Gasteiger partial charge is 0.130 e. The van der Waals surface area contributed by atoms with Gasteiger partial charge in [0.15, 0.2) is 0 Å². The van der Waals surface area contributed by atoms with Crippen LogP contribution in [-0.4, -0.2) is 54.6 Å². The molecule has 0 unspecified atom stereocenters. The van der Waals surface area contributed by atoms with E-state index in [-0.39, 0.29) is 17.8 Å². The minimum absolute atomic E-state index is 0.140. The van der Waals surface area contributed by atoms with Gasteiger partial charge < -0.3 is 19.7 Å². The zero-order valence-corrected chi connectivity index (χ0v) is 18.7. The van der Waals surface area contributed by atoms with Gasteiger partial charge in [-0.05, 0) is 56.3 Å². The highest BCUT2D eigenvalue weighted by Gasteiger charge is 2.23. The summed E-state index contributed by atoms with van der Waals surface area (Å²) in [5.41, 5.74) is 3.71. The Morgan fingerprint density at radius 2 is 2.10 bits per heavy atom. The third-order valence-electron chi connectivity index (χ3n) is 6.44. The van der Waals surface area contributed by atoms with Crippen molar-refractivity contribution in [2.75, 3.05) is 38.1 Å². The molecule has 0 saturated carbocycles. The SMILES string of the molecule is CC(=O)C[C@H](CO[C@@H]1CCCN(CCc2ccc3c(n2)NCCC3)C1)c1ccccc1. The summed E-state index contributed by atoms with van der Waals surface area (Å²) in [5, 5.41) is 3.43. The number of piperidine rings is 1. The van der Waals surface area contributed by atoms with Crippen LogP contribution in [0.3, 0.4) is 0 Å². The number of ether oxygens (including phenoxy) is 1. The summed E-state index contributed by atoms with van der Waals surface area (Å²) in [4.78, 5) is 19.1. The maximum absolute atomic E-state index is 11.8. The molecule has 2 aliphatic heterocycles. The molecule has 1 N–H and O–H groups in total. The molecule has 1 aromatic carbocycles. The number of ketones is 1. The molecule has 0 bridgehead atoms. The summed E-state index contributed by atoms with van der Waals surface area (Å²) < 4.78 is 6.34. The Labute approximate surface area is 186 Å². The van der Waals surface area contributed by atoms with E-state index in [4.69, 9.17) is 9.72 Å². The summed E-state index contributed by atoms with van der Waals surface area (Å²) >= 11 is 0. The zero-order valence-electron chi connectivity index (χ0n) is 18.7. The predicted molar refractivity (Wildman–Crippen MR) is 125 cm³/mol. The molecule has 0 amide bonds. The number of anilines is 1. The van der Waals surface area contributed by atoms with Crippen molar-refractivity contribution < 1.29 is 9.53 Å². The molecule has 4 rings (SSSR count). The van der Waals surface area contributed by atoms with Gasteiger partial charge in [0.05, 0.1) is 12.7 Å². The summed E-state index contributed by atoms with van der Waals surface area (Å²) in [7, 11) is 0. The third-order valence-corrected chi connectivity index (χ3v) is 6.44. The lowest BCUT2D eigenvalue weighted by atomic mass is 9.95. The Hall–Kier alpha value is -2.24. The number of pyridine rings is 1. The Bertz CT molecular complexity index is 855. The number of carbonyl (C=O) groups excluding carboxylic acids is 1. The van der Waals surface area contributed by atoms with E-state index in [2.05, 4.69) is 34.5 Å². The molecule has 2 aliphatic rings. The lowest BCUT2D eigenvalue weighted by Gasteiger charge is -2.33. The quantitative estimate of drug-likeness (QED) is 0.657. The van der Waals surface area contributed by atoms with Crippen LogP contribution in [0.5, 0.6) is 0 Å². The molecular weight excluding hydrogens is 386 g/mol. The fourth-order valence-electron chi connectivity index (χ4n) is 4.73. The monoisotopic (exact) mass is 421 g/mol. The molecule has 1 saturated heterocycles. The summed E-state index contributed by atoms with van der Waals surface area (Å²) in [6.45, 7) is 6.41. The van der Waals surface area contributed by atoms with E-state index in [1.54, 1.807) is 6.92 Å². The van der Waals surface area contributed by atoms with Gasteiger partial charge in [-0.25, -0.2) is 4.98 Å². The number of aromatic nitrogens is 1. The van der Waals surface area contributed by atoms with Crippen LogP contribution in [0.15, 0.2) is 42.5 Å². The molecule has 5 heteroatoms. The first-order valence-electron chi connectivity index (χ1n) is 11.8. The second-order valence-electron chi connectivity index (χ2n) is 9.00. The number of likely N-dealkylation sites (tertiary alicyclic amines) is 1. The van der Waals surface area contributed by atoms with Gasteiger partial charge in [-0.3, -0.25) is 0 Å². The standard InChI is InChI=1S/C26H35N3O2/c1-20(30)17-23(21-7-3-2-4-8-21)19-31-25-10-6-15-29(18-25)16-13-24-12-11-22-9-5-14-27-26(22)28-24/h2-4,7-8,11-12,23,25H,5-6,9-10,13-19H2,1H3,(H,27,28)/t23-,25-/m1/s1. The van der Waals surface area contributed by atoms with Gasteiger partial charge >= 0.3 is 0 Å². The molecule has 31 heavy (non-hydrogen) atoms. The van der Waals surface area contributed by atoms with Crippen molar-refractivity contribution in [2.45, 2.75) is 57.5 Å². The highest BCUT2D eigenvalue weighted by Crippen LogP contribution is 2.23. The van der Waals surface area contributed by atoms with Crippen LogP contribution in [0, 0.1) is 0 Å². The number of nitrogens with zero attached hydrogens (tertiary/aromatic N) is 2. The van der Waals surface area contributed by atoms with Gasteiger partial charge in [-0.1, -0.05) is 36.4 Å². The topological polar surface area (TPSA) is 54.5 Å². The van der Waals surface area contributed by atoms with Crippen molar-refractivity contribution in [1.29, 1.82) is 0 Å². The molecule has 2 atom stereocenters. The summed E-state index contributed by atoms with van der Waals surface area (Å²) in [6.07, 6.45) is 6.34. The largest absolute Gasteiger partial charge is 0.376 e. The van der Waals surface area contributed by atoms with Crippen molar-refractivity contribution in [3.63, 3.8) is 0 Å². The molecule has 0 radical (unpaired) electrons. The van der Waals surface area contributed by atoms with E-state index in [9.17, 15) is 4.79 Å². The van der Waals surface area contributed by atoms with Crippen molar-refractivity contribution in [3.8, 4) is 0 Å². The van der Waals surface area contributed by atoms with Crippen LogP contribution in [0.2, 0.25) is 0 Å². The average Bonchev–Trinajstić information content (AvgIpc) is 2.81. The maximum atomic E-state index is 11.8. The predicted octanol–water partition coefficient (Wildman–Crippen LogP) is 4.23. The number of hydrogen-bond donors (Lipinski definition) is 1. The molecular formula is C26H35N3O2. The molecule has 1 fully saturated rings. The molecule has 2 aromatic rings. The van der Waals surface area contributed by atoms with E-state index in [0.717, 1.165) is 57.7 Å². The maximum Gasteiger partial charge on any atom is 0.130 e. The summed E-state index contributed by atoms with van der Waals surface area (Å²) in [5.74, 6) is 1.44. The molecule has 166 valence electrons. The van der Waals surface area contributed by atoms with Crippen LogP contribution in [0.4, 0.5) is 5.82 Å². The normalized spacial score (nSPS) is 20.0. The number of Topliss-reactive ketones (excluding diaryl/α,β-unsaturated/α-hetero) is 1. The number of nitrogens with one attached hydrogen (secondary N) is 1. The average molecular weight is 422 g/mol. The van der Waals surface area contributed by atoms with Gasteiger partial charge in [0.2, 0.25) is 0 Å². The van der Waals surface area contributed by atoms with E-state index >= 15 is 0 Å². The van der Waals surface area contributed by atoms with Crippen molar-refractivity contribution in [1.82, 2.24) is 9.88 Å². The number of benzene rings is 1. The first-order chi connectivity index (χ1) is 15.2. The van der Waals surface area contributed by atoms with Gasteiger partial charge in [0.1, 0.15) is 11.6 Å². The Morgan fingerprint density at radius 3 is 2.94 bits per heavy atom. The molecule has 3 heterocycles. The van der Waals surface area contributed by atoms with Crippen molar-refractivity contribution in [3.05, 3.63) is 59.3 Å². The van der Waals surface area contributed by atoms with Crippen molar-refractivity contribution in [2.24, 2.45) is 0 Å². The number of hydrogen-bond acceptors (Lipinski definition) is 5. The Balaban J connectivity index is 1.27. The highest BCUT2D eigenvalue weighted by atomic mass is 16.5. The van der Waals surface area contributed by atoms with Gasteiger partial charge in [0.25, 0.3) is 0 Å². The molecule has 0 aliphatic carbocycles.